The maximum Gasteiger partial charge on any atom is 0.262 e. The zero-order chi connectivity index (χ0) is 22.1. The van der Waals surface area contributed by atoms with Crippen LogP contribution in [0.25, 0.3) is 21.1 Å². The van der Waals surface area contributed by atoms with Crippen molar-refractivity contribution in [2.24, 2.45) is 5.73 Å². The number of aromatic nitrogens is 1. The molecule has 0 saturated carbocycles. The molecule has 160 valence electrons. The van der Waals surface area contributed by atoms with Gasteiger partial charge in [0.2, 0.25) is 0 Å². The van der Waals surface area contributed by atoms with Crippen LogP contribution in [0, 0.1) is 5.41 Å². The van der Waals surface area contributed by atoms with Gasteiger partial charge in [0.25, 0.3) is 5.88 Å². The number of benzene rings is 3. The van der Waals surface area contributed by atoms with E-state index < -0.39 is 6.10 Å². The van der Waals surface area contributed by atoms with Crippen LogP contribution in [-0.4, -0.2) is 17.6 Å². The largest absolute Gasteiger partial charge is 0.481 e. The summed E-state index contributed by atoms with van der Waals surface area (Å²) in [5.74, 6) is 1.12. The molecule has 1 unspecified atom stereocenters. The van der Waals surface area contributed by atoms with Crippen molar-refractivity contribution in [2.45, 2.75) is 6.10 Å². The highest BCUT2D eigenvalue weighted by Crippen LogP contribution is 2.35. The highest BCUT2D eigenvalue weighted by molar-refractivity contribution is 7.20. The standard InChI is InChI=1S/C24H18ClN3O3S/c25-15-9-10-16-19(11-15)31-28-24(16)29-13-20(14-5-2-1-3-6-14)30-18-7-4-8-21-17(18)12-22(32-21)23(26)27/h1-12,20H,13H2,(H3,26,27). The summed E-state index contributed by atoms with van der Waals surface area (Å²) < 4.78 is 18.8. The van der Waals surface area contributed by atoms with E-state index in [-0.39, 0.29) is 12.4 Å². The van der Waals surface area contributed by atoms with Gasteiger partial charge in [0.05, 0.1) is 10.3 Å². The van der Waals surface area contributed by atoms with Gasteiger partial charge in [-0.05, 0) is 41.1 Å². The number of hydrogen-bond donors (Lipinski definition) is 2. The van der Waals surface area contributed by atoms with E-state index in [1.165, 1.54) is 11.3 Å². The third kappa shape index (κ3) is 4.00. The predicted molar refractivity (Wildman–Crippen MR) is 127 cm³/mol. The minimum Gasteiger partial charge on any atom is -0.481 e. The van der Waals surface area contributed by atoms with Crippen molar-refractivity contribution in [2.75, 3.05) is 6.61 Å². The Hall–Kier alpha value is -3.55. The molecule has 0 aliphatic rings. The van der Waals surface area contributed by atoms with Crippen LogP contribution in [0.4, 0.5) is 0 Å². The first-order chi connectivity index (χ1) is 15.6. The van der Waals surface area contributed by atoms with Gasteiger partial charge in [-0.2, -0.15) is 0 Å². The Kier molecular flexibility index (Phi) is 5.43. The number of thiophene rings is 1. The van der Waals surface area contributed by atoms with Crippen molar-refractivity contribution < 1.29 is 14.0 Å². The molecule has 0 fully saturated rings. The lowest BCUT2D eigenvalue weighted by molar-refractivity contribution is 0.126. The molecule has 0 radical (unpaired) electrons. The van der Waals surface area contributed by atoms with E-state index >= 15 is 0 Å². The van der Waals surface area contributed by atoms with Crippen LogP contribution in [0.1, 0.15) is 16.5 Å². The molecule has 6 nitrogen and oxygen atoms in total. The summed E-state index contributed by atoms with van der Waals surface area (Å²) in [6.07, 6.45) is -0.401. The number of ether oxygens (including phenoxy) is 2. The average molecular weight is 464 g/mol. The Bertz CT molecular complexity index is 1410. The topological polar surface area (TPSA) is 94.4 Å². The molecule has 3 aromatic carbocycles. The Morgan fingerprint density at radius 3 is 2.72 bits per heavy atom. The van der Waals surface area contributed by atoms with E-state index in [0.29, 0.717) is 27.1 Å². The highest BCUT2D eigenvalue weighted by atomic mass is 35.5. The molecule has 2 heterocycles. The van der Waals surface area contributed by atoms with Crippen LogP contribution in [0.15, 0.2) is 77.3 Å². The van der Waals surface area contributed by atoms with Crippen LogP contribution in [-0.2, 0) is 0 Å². The van der Waals surface area contributed by atoms with Crippen LogP contribution < -0.4 is 15.2 Å². The highest BCUT2D eigenvalue weighted by Gasteiger charge is 2.19. The van der Waals surface area contributed by atoms with Crippen molar-refractivity contribution in [3.63, 3.8) is 0 Å². The second-order valence-corrected chi connectivity index (χ2v) is 8.67. The summed E-state index contributed by atoms with van der Waals surface area (Å²) in [6, 6.07) is 22.8. The summed E-state index contributed by atoms with van der Waals surface area (Å²) in [6.45, 7) is 0.217. The number of halogens is 1. The third-order valence-electron chi connectivity index (χ3n) is 5.00. The van der Waals surface area contributed by atoms with Crippen molar-refractivity contribution in [3.05, 3.63) is 88.3 Å². The number of nitrogens with two attached hydrogens (primary N) is 1. The van der Waals surface area contributed by atoms with E-state index in [9.17, 15) is 0 Å². The summed E-state index contributed by atoms with van der Waals surface area (Å²) in [7, 11) is 0. The monoisotopic (exact) mass is 463 g/mol. The molecule has 5 aromatic rings. The third-order valence-corrected chi connectivity index (χ3v) is 6.37. The van der Waals surface area contributed by atoms with Crippen molar-refractivity contribution in [3.8, 4) is 11.6 Å². The van der Waals surface area contributed by atoms with Crippen LogP contribution >= 0.6 is 22.9 Å². The fourth-order valence-electron chi connectivity index (χ4n) is 3.44. The zero-order valence-electron chi connectivity index (χ0n) is 16.7. The van der Waals surface area contributed by atoms with Crippen molar-refractivity contribution in [1.29, 1.82) is 5.41 Å². The molecule has 0 aliphatic heterocycles. The number of amidine groups is 1. The normalized spacial score (nSPS) is 12.2. The number of hydrogen-bond acceptors (Lipinski definition) is 6. The first-order valence-corrected chi connectivity index (χ1v) is 11.0. The lowest BCUT2D eigenvalue weighted by Gasteiger charge is -2.20. The van der Waals surface area contributed by atoms with Gasteiger partial charge in [-0.3, -0.25) is 5.41 Å². The predicted octanol–water partition coefficient (Wildman–Crippen LogP) is 6.18. The molecule has 5 rings (SSSR count). The van der Waals surface area contributed by atoms with E-state index in [4.69, 9.17) is 36.7 Å². The summed E-state index contributed by atoms with van der Waals surface area (Å²) in [4.78, 5) is 0.705. The molecular formula is C24H18ClN3O3S. The summed E-state index contributed by atoms with van der Waals surface area (Å²) >= 11 is 7.49. The number of nitrogen functional groups attached to an aromatic ring is 1. The molecule has 3 N–H and O–H groups in total. The second-order valence-electron chi connectivity index (χ2n) is 7.15. The van der Waals surface area contributed by atoms with E-state index in [2.05, 4.69) is 5.16 Å². The van der Waals surface area contributed by atoms with Crippen LogP contribution in [0.5, 0.6) is 11.6 Å². The van der Waals surface area contributed by atoms with Gasteiger partial charge >= 0.3 is 0 Å². The van der Waals surface area contributed by atoms with Crippen LogP contribution in [0.2, 0.25) is 5.02 Å². The molecule has 8 heteroatoms. The molecule has 1 atom stereocenters. The number of nitrogens with zero attached hydrogens (tertiary/aromatic N) is 1. The second kappa shape index (κ2) is 8.53. The van der Waals surface area contributed by atoms with E-state index in [1.807, 2.05) is 60.7 Å². The fraction of sp³-hybridized carbons (Fsp3) is 0.0833. The fourth-order valence-corrected chi connectivity index (χ4v) is 4.54. The van der Waals surface area contributed by atoms with Crippen molar-refractivity contribution in [1.82, 2.24) is 5.16 Å². The Morgan fingerprint density at radius 2 is 1.91 bits per heavy atom. The minimum atomic E-state index is -0.401. The Morgan fingerprint density at radius 1 is 1.06 bits per heavy atom. The van der Waals surface area contributed by atoms with Gasteiger partial charge in [0, 0.05) is 21.2 Å². The smallest absolute Gasteiger partial charge is 0.262 e. The maximum atomic E-state index is 7.74. The SMILES string of the molecule is N=C(N)c1cc2c(OC(COc3noc4cc(Cl)ccc34)c3ccccc3)cccc2s1. The van der Waals surface area contributed by atoms with Gasteiger partial charge in [0.1, 0.15) is 18.2 Å². The van der Waals surface area contributed by atoms with Gasteiger partial charge in [-0.25, -0.2) is 0 Å². The van der Waals surface area contributed by atoms with E-state index in [1.54, 1.807) is 12.1 Å². The van der Waals surface area contributed by atoms with Gasteiger partial charge in [-0.15, -0.1) is 11.3 Å². The Balaban J connectivity index is 1.45. The molecule has 0 saturated heterocycles. The molecule has 32 heavy (non-hydrogen) atoms. The molecule has 0 aliphatic carbocycles. The maximum absolute atomic E-state index is 7.74. The lowest BCUT2D eigenvalue weighted by atomic mass is 10.1. The van der Waals surface area contributed by atoms with Gasteiger partial charge in [-0.1, -0.05) is 48.0 Å². The Labute approximate surface area is 192 Å². The first-order valence-electron chi connectivity index (χ1n) is 9.85. The molecule has 2 aromatic heterocycles. The molecule has 0 bridgehead atoms. The van der Waals surface area contributed by atoms with Crippen LogP contribution in [0.3, 0.4) is 0 Å². The number of fused-ring (bicyclic) bond motifs is 2. The first kappa shape index (κ1) is 20.4. The number of rotatable bonds is 7. The number of nitrogens with one attached hydrogen (secondary N) is 1. The average Bonchev–Trinajstić information content (AvgIpc) is 3.41. The van der Waals surface area contributed by atoms with E-state index in [0.717, 1.165) is 21.0 Å². The van der Waals surface area contributed by atoms with Gasteiger partial charge < -0.3 is 19.7 Å². The minimum absolute atomic E-state index is 0.0399. The van der Waals surface area contributed by atoms with Crippen molar-refractivity contribution >= 4 is 49.8 Å². The zero-order valence-corrected chi connectivity index (χ0v) is 18.3. The quantitative estimate of drug-likeness (QED) is 0.222. The molecular weight excluding hydrogens is 446 g/mol. The molecule has 0 amide bonds. The summed E-state index contributed by atoms with van der Waals surface area (Å²) in [5, 5.41) is 14.0. The van der Waals surface area contributed by atoms with Gasteiger partial charge in [0.15, 0.2) is 11.7 Å². The summed E-state index contributed by atoms with van der Waals surface area (Å²) in [5.41, 5.74) is 7.21. The molecule has 0 spiro atoms. The lowest BCUT2D eigenvalue weighted by Crippen LogP contribution is -2.17.